The van der Waals surface area contributed by atoms with Crippen molar-refractivity contribution in [1.82, 2.24) is 19.3 Å². The SMILES string of the molecule is CCn1nc(C)c2nc(CCCl)n(Cc3ccccc3)c21. The van der Waals surface area contributed by atoms with Crippen LogP contribution in [-0.4, -0.2) is 25.2 Å². The molecule has 0 radical (unpaired) electrons. The van der Waals surface area contributed by atoms with Crippen molar-refractivity contribution in [2.24, 2.45) is 0 Å². The topological polar surface area (TPSA) is 35.6 Å². The number of hydrogen-bond donors (Lipinski definition) is 0. The molecule has 0 aliphatic heterocycles. The second kappa shape index (κ2) is 5.90. The van der Waals surface area contributed by atoms with E-state index < -0.39 is 0 Å². The molecule has 0 aliphatic rings. The van der Waals surface area contributed by atoms with Crippen molar-refractivity contribution in [2.75, 3.05) is 5.88 Å². The van der Waals surface area contributed by atoms with Gasteiger partial charge in [0.25, 0.3) is 0 Å². The third kappa shape index (κ3) is 2.56. The molecule has 0 unspecified atom stereocenters. The van der Waals surface area contributed by atoms with Crippen LogP contribution < -0.4 is 0 Å². The van der Waals surface area contributed by atoms with Crippen LogP contribution >= 0.6 is 11.6 Å². The highest BCUT2D eigenvalue weighted by molar-refractivity contribution is 6.17. The van der Waals surface area contributed by atoms with Crippen molar-refractivity contribution in [3.05, 3.63) is 47.4 Å². The van der Waals surface area contributed by atoms with Gasteiger partial charge in [0.15, 0.2) is 5.65 Å². The molecule has 110 valence electrons. The summed E-state index contributed by atoms with van der Waals surface area (Å²) in [4.78, 5) is 4.76. The fraction of sp³-hybridized carbons (Fsp3) is 0.375. The zero-order valence-corrected chi connectivity index (χ0v) is 13.1. The number of alkyl halides is 1. The molecule has 0 spiro atoms. The molecule has 0 fully saturated rings. The zero-order valence-electron chi connectivity index (χ0n) is 12.4. The molecule has 0 saturated heterocycles. The summed E-state index contributed by atoms with van der Waals surface area (Å²) in [6.07, 6.45) is 0.770. The van der Waals surface area contributed by atoms with Crippen molar-refractivity contribution in [3.63, 3.8) is 0 Å². The quantitative estimate of drug-likeness (QED) is 0.677. The maximum atomic E-state index is 5.94. The summed E-state index contributed by atoms with van der Waals surface area (Å²) in [6.45, 7) is 5.76. The minimum Gasteiger partial charge on any atom is -0.308 e. The largest absolute Gasteiger partial charge is 0.308 e. The van der Waals surface area contributed by atoms with Gasteiger partial charge >= 0.3 is 0 Å². The van der Waals surface area contributed by atoms with Crippen LogP contribution in [0.4, 0.5) is 0 Å². The third-order valence-electron chi connectivity index (χ3n) is 3.68. The van der Waals surface area contributed by atoms with Crippen LogP contribution in [0.25, 0.3) is 11.2 Å². The zero-order chi connectivity index (χ0) is 14.8. The Balaban J connectivity index is 2.15. The molecule has 5 heteroatoms. The van der Waals surface area contributed by atoms with Gasteiger partial charge in [0, 0.05) is 18.8 Å². The second-order valence-electron chi connectivity index (χ2n) is 5.11. The first-order valence-electron chi connectivity index (χ1n) is 7.27. The van der Waals surface area contributed by atoms with E-state index in [4.69, 9.17) is 16.6 Å². The summed E-state index contributed by atoms with van der Waals surface area (Å²) < 4.78 is 4.27. The molecule has 0 saturated carbocycles. The molecule has 2 aromatic heterocycles. The van der Waals surface area contributed by atoms with Crippen LogP contribution in [-0.2, 0) is 19.5 Å². The van der Waals surface area contributed by atoms with Gasteiger partial charge in [-0.2, -0.15) is 5.10 Å². The Morgan fingerprint density at radius 1 is 1.19 bits per heavy atom. The van der Waals surface area contributed by atoms with Crippen LogP contribution in [0.5, 0.6) is 0 Å². The van der Waals surface area contributed by atoms with Gasteiger partial charge in [0.1, 0.15) is 11.3 Å². The monoisotopic (exact) mass is 302 g/mol. The number of hydrogen-bond acceptors (Lipinski definition) is 2. The van der Waals surface area contributed by atoms with E-state index >= 15 is 0 Å². The van der Waals surface area contributed by atoms with E-state index in [9.17, 15) is 0 Å². The standard InChI is InChI=1S/C16H19ClN4/c1-3-21-16-15(12(2)19-21)18-14(9-10-17)20(16)11-13-7-5-4-6-8-13/h4-8H,3,9-11H2,1-2H3. The highest BCUT2D eigenvalue weighted by Gasteiger charge is 2.17. The highest BCUT2D eigenvalue weighted by atomic mass is 35.5. The van der Waals surface area contributed by atoms with E-state index in [0.717, 1.165) is 42.2 Å². The van der Waals surface area contributed by atoms with Gasteiger partial charge in [-0.05, 0) is 19.4 Å². The predicted octanol–water partition coefficient (Wildman–Crippen LogP) is 3.39. The van der Waals surface area contributed by atoms with E-state index in [1.807, 2.05) is 17.7 Å². The van der Waals surface area contributed by atoms with Crippen LogP contribution in [0.3, 0.4) is 0 Å². The Labute approximate surface area is 129 Å². The van der Waals surface area contributed by atoms with Gasteiger partial charge < -0.3 is 4.57 Å². The lowest BCUT2D eigenvalue weighted by Gasteiger charge is -2.10. The molecule has 4 nitrogen and oxygen atoms in total. The number of imidazole rings is 1. The van der Waals surface area contributed by atoms with E-state index in [1.54, 1.807) is 0 Å². The number of benzene rings is 1. The first-order valence-corrected chi connectivity index (χ1v) is 7.80. The highest BCUT2D eigenvalue weighted by Crippen LogP contribution is 2.21. The van der Waals surface area contributed by atoms with Gasteiger partial charge in [-0.1, -0.05) is 30.3 Å². The third-order valence-corrected chi connectivity index (χ3v) is 3.87. The number of aryl methyl sites for hydroxylation is 3. The van der Waals surface area contributed by atoms with E-state index in [1.165, 1.54) is 5.56 Å². The van der Waals surface area contributed by atoms with E-state index in [-0.39, 0.29) is 0 Å². The van der Waals surface area contributed by atoms with Crippen molar-refractivity contribution in [2.45, 2.75) is 33.4 Å². The lowest BCUT2D eigenvalue weighted by atomic mass is 10.2. The lowest BCUT2D eigenvalue weighted by Crippen LogP contribution is -2.10. The molecule has 2 heterocycles. The summed E-state index contributed by atoms with van der Waals surface area (Å²) in [5.74, 6) is 1.61. The molecule has 0 aliphatic carbocycles. The molecule has 21 heavy (non-hydrogen) atoms. The predicted molar refractivity (Wildman–Crippen MR) is 85.9 cm³/mol. The van der Waals surface area contributed by atoms with Crippen LogP contribution in [0.1, 0.15) is 24.0 Å². The average molecular weight is 303 g/mol. The van der Waals surface area contributed by atoms with Crippen LogP contribution in [0.2, 0.25) is 0 Å². The molecule has 3 rings (SSSR count). The summed E-state index contributed by atoms with van der Waals surface area (Å²) in [5.41, 5.74) is 4.33. The Morgan fingerprint density at radius 2 is 1.95 bits per heavy atom. The summed E-state index contributed by atoms with van der Waals surface area (Å²) in [5, 5.41) is 4.57. The Bertz CT molecular complexity index is 743. The van der Waals surface area contributed by atoms with E-state index in [2.05, 4.69) is 40.9 Å². The smallest absolute Gasteiger partial charge is 0.159 e. The fourth-order valence-electron chi connectivity index (χ4n) is 2.70. The lowest BCUT2D eigenvalue weighted by molar-refractivity contribution is 0.635. The van der Waals surface area contributed by atoms with E-state index in [0.29, 0.717) is 5.88 Å². The van der Waals surface area contributed by atoms with Crippen molar-refractivity contribution in [1.29, 1.82) is 0 Å². The minimum atomic E-state index is 0.576. The number of rotatable bonds is 5. The average Bonchev–Trinajstić information content (AvgIpc) is 3.00. The van der Waals surface area contributed by atoms with Crippen LogP contribution in [0.15, 0.2) is 30.3 Å². The van der Waals surface area contributed by atoms with Crippen molar-refractivity contribution in [3.8, 4) is 0 Å². The number of aromatic nitrogens is 4. The first-order chi connectivity index (χ1) is 10.2. The fourth-order valence-corrected chi connectivity index (χ4v) is 2.87. The molecule has 0 amide bonds. The summed E-state index contributed by atoms with van der Waals surface area (Å²) in [7, 11) is 0. The maximum absolute atomic E-state index is 5.94. The molecule has 0 N–H and O–H groups in total. The summed E-state index contributed by atoms with van der Waals surface area (Å²) >= 11 is 5.94. The van der Waals surface area contributed by atoms with Crippen molar-refractivity contribution < 1.29 is 0 Å². The van der Waals surface area contributed by atoms with Gasteiger partial charge in [0.05, 0.1) is 12.2 Å². The minimum absolute atomic E-state index is 0.576. The molecular formula is C16H19ClN4. The van der Waals surface area contributed by atoms with Gasteiger partial charge in [-0.25, -0.2) is 9.67 Å². The molecule has 0 atom stereocenters. The van der Waals surface area contributed by atoms with Crippen LogP contribution in [0, 0.1) is 6.92 Å². The maximum Gasteiger partial charge on any atom is 0.159 e. The molecule has 3 aromatic rings. The Kier molecular flexibility index (Phi) is 3.97. The molecular weight excluding hydrogens is 284 g/mol. The number of fused-ring (bicyclic) bond motifs is 1. The molecule has 0 bridgehead atoms. The van der Waals surface area contributed by atoms with Gasteiger partial charge in [0.2, 0.25) is 0 Å². The van der Waals surface area contributed by atoms with Crippen molar-refractivity contribution >= 4 is 22.8 Å². The normalized spacial score (nSPS) is 11.4. The number of nitrogens with zero attached hydrogens (tertiary/aromatic N) is 4. The van der Waals surface area contributed by atoms with Gasteiger partial charge in [-0.15, -0.1) is 11.6 Å². The van der Waals surface area contributed by atoms with Gasteiger partial charge in [-0.3, -0.25) is 0 Å². The number of halogens is 1. The molecule has 1 aromatic carbocycles. The second-order valence-corrected chi connectivity index (χ2v) is 5.49. The first kappa shape index (κ1) is 14.1. The summed E-state index contributed by atoms with van der Waals surface area (Å²) in [6, 6.07) is 10.4. The Morgan fingerprint density at radius 3 is 2.62 bits per heavy atom. The Hall–Kier alpha value is -1.81.